The summed E-state index contributed by atoms with van der Waals surface area (Å²) < 4.78 is 0. The number of piperidine rings is 1. The number of carbonyl (C=O) groups is 1. The fraction of sp³-hybridized carbons (Fsp3) is 0.615. The van der Waals surface area contributed by atoms with Crippen LogP contribution in [0.4, 0.5) is 0 Å². The molecule has 0 saturated carbocycles. The first-order valence-corrected chi connectivity index (χ1v) is 6.80. The summed E-state index contributed by atoms with van der Waals surface area (Å²) in [5.74, 6) is 1.05. The van der Waals surface area contributed by atoms with Crippen LogP contribution in [-0.2, 0) is 0 Å². The van der Waals surface area contributed by atoms with E-state index >= 15 is 0 Å². The van der Waals surface area contributed by atoms with Gasteiger partial charge >= 0.3 is 0 Å². The topological polar surface area (TPSA) is 29.1 Å². The largest absolute Gasteiger partial charge is 0.314 e. The smallest absolute Gasteiger partial charge is 0.174 e. The Morgan fingerprint density at radius 1 is 1.56 bits per heavy atom. The van der Waals surface area contributed by atoms with Gasteiger partial charge in [-0.25, -0.2) is 0 Å². The highest BCUT2D eigenvalue weighted by Gasteiger charge is 2.21. The molecule has 1 N–H and O–H groups in total. The summed E-state index contributed by atoms with van der Waals surface area (Å²) in [6.45, 7) is 5.37. The van der Waals surface area contributed by atoms with Crippen LogP contribution in [0.5, 0.6) is 0 Å². The van der Waals surface area contributed by atoms with Crippen molar-refractivity contribution in [1.82, 2.24) is 5.32 Å². The number of aryl methyl sites for hydroxylation is 1. The van der Waals surface area contributed by atoms with Gasteiger partial charge in [0.25, 0.3) is 0 Å². The molecule has 0 amide bonds. The number of hydrogen-bond donors (Lipinski definition) is 1. The molecular weight excluding hydrogens is 218 g/mol. The first-order chi connectivity index (χ1) is 7.65. The molecule has 0 radical (unpaired) electrons. The van der Waals surface area contributed by atoms with Crippen LogP contribution in [0.15, 0.2) is 12.1 Å². The van der Waals surface area contributed by atoms with E-state index in [0.717, 1.165) is 23.8 Å². The van der Waals surface area contributed by atoms with Gasteiger partial charge < -0.3 is 5.32 Å². The Morgan fingerprint density at radius 2 is 2.38 bits per heavy atom. The lowest BCUT2D eigenvalue weighted by molar-refractivity contribution is 0.0963. The zero-order chi connectivity index (χ0) is 11.5. The number of nitrogens with one attached hydrogen (secondary N) is 1. The number of rotatable bonds is 3. The average molecular weight is 237 g/mol. The van der Waals surface area contributed by atoms with Gasteiger partial charge in [0.05, 0.1) is 4.88 Å². The summed E-state index contributed by atoms with van der Waals surface area (Å²) in [4.78, 5) is 14.1. The molecule has 1 aliphatic heterocycles. The summed E-state index contributed by atoms with van der Waals surface area (Å²) in [6, 6.07) is 4.36. The van der Waals surface area contributed by atoms with Crippen molar-refractivity contribution in [2.24, 2.45) is 5.92 Å². The number of carbonyl (C=O) groups excluding carboxylic acids is 1. The third kappa shape index (κ3) is 2.92. The van der Waals surface area contributed by atoms with E-state index in [1.165, 1.54) is 11.3 Å². The Hall–Kier alpha value is -0.670. The standard InChI is InChI=1S/C13H19NOS/c1-9-5-6-14-11(7-9)8-12(15)13-4-3-10(2)16-13/h3-4,9,11,14H,5-8H2,1-2H3. The summed E-state index contributed by atoms with van der Waals surface area (Å²) in [6.07, 6.45) is 3.03. The maximum atomic E-state index is 12.0. The van der Waals surface area contributed by atoms with Crippen molar-refractivity contribution in [1.29, 1.82) is 0 Å². The molecule has 0 bridgehead atoms. The van der Waals surface area contributed by atoms with Gasteiger partial charge in [0.2, 0.25) is 0 Å². The van der Waals surface area contributed by atoms with Gasteiger partial charge in [-0.1, -0.05) is 6.92 Å². The Kier molecular flexibility index (Phi) is 3.77. The highest BCUT2D eigenvalue weighted by Crippen LogP contribution is 2.21. The molecule has 0 spiro atoms. The lowest BCUT2D eigenvalue weighted by atomic mass is 9.91. The monoisotopic (exact) mass is 237 g/mol. The molecule has 16 heavy (non-hydrogen) atoms. The van der Waals surface area contributed by atoms with Crippen LogP contribution in [0, 0.1) is 12.8 Å². The second-order valence-corrected chi connectivity index (χ2v) is 6.11. The Labute approximate surface area is 101 Å². The van der Waals surface area contributed by atoms with Gasteiger partial charge in [0.1, 0.15) is 0 Å². The lowest BCUT2D eigenvalue weighted by Gasteiger charge is -2.27. The van der Waals surface area contributed by atoms with Crippen LogP contribution >= 0.6 is 11.3 Å². The predicted octanol–water partition coefficient (Wildman–Crippen LogP) is 3.02. The number of thiophene rings is 1. The van der Waals surface area contributed by atoms with Crippen molar-refractivity contribution in [2.75, 3.05) is 6.54 Å². The van der Waals surface area contributed by atoms with E-state index in [0.29, 0.717) is 18.2 Å². The summed E-state index contributed by atoms with van der Waals surface area (Å²) in [5, 5.41) is 3.44. The first-order valence-electron chi connectivity index (χ1n) is 5.98. The third-order valence-corrected chi connectivity index (χ3v) is 4.25. The van der Waals surface area contributed by atoms with Gasteiger partial charge in [-0.3, -0.25) is 4.79 Å². The minimum atomic E-state index is 0.296. The Morgan fingerprint density at radius 3 is 3.00 bits per heavy atom. The third-order valence-electron chi connectivity index (χ3n) is 3.20. The lowest BCUT2D eigenvalue weighted by Crippen LogP contribution is -2.38. The van der Waals surface area contributed by atoms with Gasteiger partial charge in [-0.2, -0.15) is 0 Å². The molecule has 2 rings (SSSR count). The quantitative estimate of drug-likeness (QED) is 0.819. The highest BCUT2D eigenvalue weighted by molar-refractivity contribution is 7.14. The van der Waals surface area contributed by atoms with Crippen LogP contribution in [-0.4, -0.2) is 18.4 Å². The van der Waals surface area contributed by atoms with Gasteiger partial charge in [-0.15, -0.1) is 11.3 Å². The van der Waals surface area contributed by atoms with Crippen molar-refractivity contribution in [3.8, 4) is 0 Å². The number of ketones is 1. The molecule has 0 aromatic carbocycles. The molecule has 2 nitrogen and oxygen atoms in total. The van der Waals surface area contributed by atoms with E-state index < -0.39 is 0 Å². The van der Waals surface area contributed by atoms with Crippen molar-refractivity contribution in [3.05, 3.63) is 21.9 Å². The van der Waals surface area contributed by atoms with Gasteiger partial charge in [0, 0.05) is 17.3 Å². The highest BCUT2D eigenvalue weighted by atomic mass is 32.1. The van der Waals surface area contributed by atoms with Crippen LogP contribution < -0.4 is 5.32 Å². The molecule has 1 fully saturated rings. The fourth-order valence-electron chi connectivity index (χ4n) is 2.29. The number of Topliss-reactive ketones (excluding diaryl/α,β-unsaturated/α-hetero) is 1. The summed E-state index contributed by atoms with van der Waals surface area (Å²) in [7, 11) is 0. The van der Waals surface area contributed by atoms with Crippen molar-refractivity contribution in [3.63, 3.8) is 0 Å². The van der Waals surface area contributed by atoms with E-state index in [4.69, 9.17) is 0 Å². The zero-order valence-corrected chi connectivity index (χ0v) is 10.8. The van der Waals surface area contributed by atoms with Crippen LogP contribution in [0.2, 0.25) is 0 Å². The molecule has 0 aliphatic carbocycles. The Bertz CT molecular complexity index is 372. The second kappa shape index (κ2) is 5.11. The molecule has 2 atom stereocenters. The zero-order valence-electron chi connectivity index (χ0n) is 9.95. The van der Waals surface area contributed by atoms with Crippen molar-refractivity contribution in [2.45, 2.75) is 39.2 Å². The fourth-order valence-corrected chi connectivity index (χ4v) is 3.10. The molecule has 2 heterocycles. The Balaban J connectivity index is 1.92. The van der Waals surface area contributed by atoms with Crippen molar-refractivity contribution >= 4 is 17.1 Å². The van der Waals surface area contributed by atoms with Crippen molar-refractivity contribution < 1.29 is 4.79 Å². The predicted molar refractivity (Wildman–Crippen MR) is 68.2 cm³/mol. The summed E-state index contributed by atoms with van der Waals surface area (Å²) in [5.41, 5.74) is 0. The van der Waals surface area contributed by atoms with E-state index in [9.17, 15) is 4.79 Å². The maximum absolute atomic E-state index is 12.0. The normalized spacial score (nSPS) is 25.6. The summed E-state index contributed by atoms with van der Waals surface area (Å²) >= 11 is 1.61. The molecule has 88 valence electrons. The number of hydrogen-bond acceptors (Lipinski definition) is 3. The molecule has 3 heteroatoms. The minimum absolute atomic E-state index is 0.296. The molecule has 1 saturated heterocycles. The van der Waals surface area contributed by atoms with Gasteiger partial charge in [-0.05, 0) is 44.4 Å². The van der Waals surface area contributed by atoms with E-state index in [1.54, 1.807) is 11.3 Å². The van der Waals surface area contributed by atoms with E-state index in [1.807, 2.05) is 19.1 Å². The van der Waals surface area contributed by atoms with Gasteiger partial charge in [0.15, 0.2) is 5.78 Å². The molecular formula is C13H19NOS. The molecule has 1 aromatic rings. The first kappa shape index (κ1) is 11.8. The second-order valence-electron chi connectivity index (χ2n) is 4.82. The average Bonchev–Trinajstić information content (AvgIpc) is 2.65. The molecule has 1 aromatic heterocycles. The van der Waals surface area contributed by atoms with Crippen LogP contribution in [0.25, 0.3) is 0 Å². The molecule has 2 unspecified atom stereocenters. The SMILES string of the molecule is Cc1ccc(C(=O)CC2CC(C)CCN2)s1. The van der Waals surface area contributed by atoms with Crippen LogP contribution in [0.1, 0.15) is 40.7 Å². The minimum Gasteiger partial charge on any atom is -0.314 e. The maximum Gasteiger partial charge on any atom is 0.174 e. The van der Waals surface area contributed by atoms with E-state index in [-0.39, 0.29) is 0 Å². The molecule has 1 aliphatic rings. The van der Waals surface area contributed by atoms with Crippen LogP contribution in [0.3, 0.4) is 0 Å². The van der Waals surface area contributed by atoms with E-state index in [2.05, 4.69) is 12.2 Å².